The molecule has 2 rings (SSSR count). The number of hydrogen-bond acceptors (Lipinski definition) is 3. The van der Waals surface area contributed by atoms with Gasteiger partial charge in [-0.3, -0.25) is 0 Å². The van der Waals surface area contributed by atoms with Crippen LogP contribution >= 0.6 is 0 Å². The van der Waals surface area contributed by atoms with E-state index in [1.54, 1.807) is 0 Å². The van der Waals surface area contributed by atoms with E-state index in [0.29, 0.717) is 19.2 Å². The number of halogens is 3. The molecule has 1 saturated heterocycles. The van der Waals surface area contributed by atoms with Gasteiger partial charge in [-0.15, -0.1) is 0 Å². The Hall–Kier alpha value is -1.11. The molecule has 0 amide bonds. The topological polar surface area (TPSA) is 24.5 Å². The van der Waals surface area contributed by atoms with Gasteiger partial charge in [0, 0.05) is 37.8 Å². The molecule has 1 N–H and O–H groups in total. The summed E-state index contributed by atoms with van der Waals surface area (Å²) in [6, 6.07) is 1.45. The number of hydrogen-bond donors (Lipinski definition) is 1. The minimum absolute atomic E-state index is 0.0344. The molecule has 1 heterocycles. The quantitative estimate of drug-likeness (QED) is 0.843. The molecule has 1 aliphatic rings. The summed E-state index contributed by atoms with van der Waals surface area (Å²) in [6.45, 7) is 3.05. The average molecular weight is 274 g/mol. The van der Waals surface area contributed by atoms with Crippen LogP contribution < -0.4 is 5.32 Å². The molecule has 0 spiro atoms. The fraction of sp³-hybridized carbons (Fsp3) is 0.538. The van der Waals surface area contributed by atoms with Gasteiger partial charge in [0.1, 0.15) is 5.82 Å². The zero-order valence-corrected chi connectivity index (χ0v) is 10.8. The second-order valence-electron chi connectivity index (χ2n) is 4.74. The molecule has 0 saturated carbocycles. The van der Waals surface area contributed by atoms with Crippen molar-refractivity contribution in [2.75, 3.05) is 33.3 Å². The summed E-state index contributed by atoms with van der Waals surface area (Å²) in [5, 5.41) is 3.00. The maximum atomic E-state index is 13.4. The van der Waals surface area contributed by atoms with Crippen LogP contribution in [0.2, 0.25) is 0 Å². The normalized spacial score (nSPS) is 20.7. The first-order chi connectivity index (χ1) is 9.06. The largest absolute Gasteiger partial charge is 0.374 e. The Labute approximate surface area is 110 Å². The van der Waals surface area contributed by atoms with E-state index >= 15 is 0 Å². The molecule has 1 aromatic rings. The fourth-order valence-electron chi connectivity index (χ4n) is 2.06. The molecular weight excluding hydrogens is 257 g/mol. The van der Waals surface area contributed by atoms with Gasteiger partial charge in [0.15, 0.2) is 11.6 Å². The van der Waals surface area contributed by atoms with E-state index in [9.17, 15) is 13.2 Å². The van der Waals surface area contributed by atoms with Crippen molar-refractivity contribution in [1.82, 2.24) is 10.2 Å². The summed E-state index contributed by atoms with van der Waals surface area (Å²) in [5.74, 6) is -2.95. The lowest BCUT2D eigenvalue weighted by molar-refractivity contribution is -0.0182. The maximum absolute atomic E-state index is 13.4. The van der Waals surface area contributed by atoms with Crippen molar-refractivity contribution in [3.05, 3.63) is 35.1 Å². The van der Waals surface area contributed by atoms with Crippen molar-refractivity contribution < 1.29 is 17.9 Å². The van der Waals surface area contributed by atoms with Gasteiger partial charge in [-0.1, -0.05) is 0 Å². The molecule has 106 valence electrons. The molecule has 1 unspecified atom stereocenters. The molecule has 1 atom stereocenters. The van der Waals surface area contributed by atoms with Gasteiger partial charge in [0.2, 0.25) is 0 Å². The Bertz CT molecular complexity index is 442. The minimum Gasteiger partial charge on any atom is -0.374 e. The summed E-state index contributed by atoms with van der Waals surface area (Å²) in [4.78, 5) is 2.15. The third-order valence-corrected chi connectivity index (χ3v) is 3.12. The minimum atomic E-state index is -1.17. The number of rotatable bonds is 4. The highest BCUT2D eigenvalue weighted by Crippen LogP contribution is 2.13. The Kier molecular flexibility index (Phi) is 4.79. The SMILES string of the molecule is CN1CCOC(CNCc2cc(F)c(F)cc2F)C1. The van der Waals surface area contributed by atoms with E-state index in [0.717, 1.165) is 19.2 Å². The summed E-state index contributed by atoms with van der Waals surface area (Å²) >= 11 is 0. The Morgan fingerprint density at radius 3 is 2.74 bits per heavy atom. The van der Waals surface area contributed by atoms with E-state index in [2.05, 4.69) is 10.2 Å². The second-order valence-corrected chi connectivity index (χ2v) is 4.74. The van der Waals surface area contributed by atoms with Gasteiger partial charge in [-0.25, -0.2) is 13.2 Å². The van der Waals surface area contributed by atoms with Gasteiger partial charge < -0.3 is 15.0 Å². The van der Waals surface area contributed by atoms with Gasteiger partial charge in [0.05, 0.1) is 12.7 Å². The molecule has 0 bridgehead atoms. The van der Waals surface area contributed by atoms with E-state index < -0.39 is 17.5 Å². The van der Waals surface area contributed by atoms with Crippen molar-refractivity contribution in [2.24, 2.45) is 0 Å². The molecule has 0 radical (unpaired) electrons. The van der Waals surface area contributed by atoms with Gasteiger partial charge in [0.25, 0.3) is 0 Å². The predicted molar refractivity (Wildman–Crippen MR) is 65.3 cm³/mol. The van der Waals surface area contributed by atoms with Crippen LogP contribution in [0, 0.1) is 17.5 Å². The summed E-state index contributed by atoms with van der Waals surface area (Å²) in [5.41, 5.74) is 0.114. The number of likely N-dealkylation sites (N-methyl/N-ethyl adjacent to an activating group) is 1. The lowest BCUT2D eigenvalue weighted by Gasteiger charge is -2.30. The first-order valence-electron chi connectivity index (χ1n) is 6.20. The fourth-order valence-corrected chi connectivity index (χ4v) is 2.06. The van der Waals surface area contributed by atoms with Gasteiger partial charge in [-0.05, 0) is 13.1 Å². The van der Waals surface area contributed by atoms with Crippen LogP contribution in [0.5, 0.6) is 0 Å². The molecule has 0 aromatic heterocycles. The monoisotopic (exact) mass is 274 g/mol. The highest BCUT2D eigenvalue weighted by molar-refractivity contribution is 5.19. The predicted octanol–water partition coefficient (Wildman–Crippen LogP) is 1.52. The first-order valence-corrected chi connectivity index (χ1v) is 6.20. The second kappa shape index (κ2) is 6.36. The lowest BCUT2D eigenvalue weighted by Crippen LogP contribution is -2.44. The van der Waals surface area contributed by atoms with E-state index in [4.69, 9.17) is 4.74 Å². The Morgan fingerprint density at radius 1 is 1.26 bits per heavy atom. The Morgan fingerprint density at radius 2 is 2.00 bits per heavy atom. The van der Waals surface area contributed by atoms with Crippen LogP contribution in [0.4, 0.5) is 13.2 Å². The highest BCUT2D eigenvalue weighted by Gasteiger charge is 2.17. The zero-order valence-electron chi connectivity index (χ0n) is 10.8. The summed E-state index contributed by atoms with van der Waals surface area (Å²) < 4.78 is 44.6. The molecule has 1 aromatic carbocycles. The van der Waals surface area contributed by atoms with Crippen molar-refractivity contribution in [3.63, 3.8) is 0 Å². The molecule has 1 fully saturated rings. The number of benzene rings is 1. The number of nitrogens with one attached hydrogen (secondary N) is 1. The molecule has 19 heavy (non-hydrogen) atoms. The average Bonchev–Trinajstić information content (AvgIpc) is 2.35. The standard InChI is InChI=1S/C13H17F3N2O/c1-18-2-3-19-10(8-18)7-17-6-9-4-12(15)13(16)5-11(9)14/h4-5,10,17H,2-3,6-8H2,1H3. The third kappa shape index (κ3) is 3.92. The molecule has 0 aliphatic carbocycles. The van der Waals surface area contributed by atoms with Crippen molar-refractivity contribution >= 4 is 0 Å². The summed E-state index contributed by atoms with van der Waals surface area (Å²) in [6.07, 6.45) is 0.0344. The number of ether oxygens (including phenoxy) is 1. The van der Waals surface area contributed by atoms with Crippen molar-refractivity contribution in [3.8, 4) is 0 Å². The van der Waals surface area contributed by atoms with Gasteiger partial charge in [-0.2, -0.15) is 0 Å². The van der Waals surface area contributed by atoms with Crippen LogP contribution in [0.15, 0.2) is 12.1 Å². The van der Waals surface area contributed by atoms with Crippen LogP contribution in [0.3, 0.4) is 0 Å². The third-order valence-electron chi connectivity index (χ3n) is 3.12. The first kappa shape index (κ1) is 14.3. The number of morpholine rings is 1. The van der Waals surface area contributed by atoms with Crippen LogP contribution in [0.1, 0.15) is 5.56 Å². The number of nitrogens with zero attached hydrogens (tertiary/aromatic N) is 1. The summed E-state index contributed by atoms with van der Waals surface area (Å²) in [7, 11) is 2.00. The van der Waals surface area contributed by atoms with E-state index in [1.165, 1.54) is 0 Å². The lowest BCUT2D eigenvalue weighted by atomic mass is 10.2. The zero-order chi connectivity index (χ0) is 13.8. The Balaban J connectivity index is 1.84. The van der Waals surface area contributed by atoms with Crippen LogP contribution in [-0.2, 0) is 11.3 Å². The maximum Gasteiger partial charge on any atom is 0.161 e. The molecule has 3 nitrogen and oxygen atoms in total. The smallest absolute Gasteiger partial charge is 0.161 e. The van der Waals surface area contributed by atoms with E-state index in [-0.39, 0.29) is 18.2 Å². The molecular formula is C13H17F3N2O. The van der Waals surface area contributed by atoms with Crippen LogP contribution in [0.25, 0.3) is 0 Å². The highest BCUT2D eigenvalue weighted by atomic mass is 19.2. The van der Waals surface area contributed by atoms with Crippen molar-refractivity contribution in [2.45, 2.75) is 12.6 Å². The molecule has 1 aliphatic heterocycles. The molecule has 6 heteroatoms. The van der Waals surface area contributed by atoms with Gasteiger partial charge >= 0.3 is 0 Å². The van der Waals surface area contributed by atoms with Crippen molar-refractivity contribution in [1.29, 1.82) is 0 Å². The van der Waals surface area contributed by atoms with Crippen LogP contribution in [-0.4, -0.2) is 44.3 Å². The van der Waals surface area contributed by atoms with E-state index in [1.807, 2.05) is 7.05 Å².